The summed E-state index contributed by atoms with van der Waals surface area (Å²) in [6.45, 7) is 0.988. The number of carbonyl (C=O) groups is 2. The Morgan fingerprint density at radius 1 is 1.04 bits per heavy atom. The summed E-state index contributed by atoms with van der Waals surface area (Å²) in [7, 11) is 0. The molecule has 2 amide bonds. The van der Waals surface area contributed by atoms with E-state index < -0.39 is 0 Å². The maximum Gasteiger partial charge on any atom is 0.262 e. The van der Waals surface area contributed by atoms with E-state index in [0.29, 0.717) is 30.1 Å². The number of nitrogens with zero attached hydrogens (tertiary/aromatic N) is 1. The molecule has 2 aromatic heterocycles. The van der Waals surface area contributed by atoms with Crippen LogP contribution in [0.25, 0.3) is 0 Å². The molecule has 3 aromatic rings. The molecule has 26 heavy (non-hydrogen) atoms. The molecule has 4 rings (SSSR count). The average Bonchev–Trinajstić information content (AvgIpc) is 3.34. The fourth-order valence-electron chi connectivity index (χ4n) is 2.83. The van der Waals surface area contributed by atoms with Gasteiger partial charge in [-0.1, -0.05) is 18.2 Å². The summed E-state index contributed by atoms with van der Waals surface area (Å²) in [6, 6.07) is 13.3. The molecule has 5 nitrogen and oxygen atoms in total. The summed E-state index contributed by atoms with van der Waals surface area (Å²) in [5, 5.41) is 6.77. The molecule has 1 aromatic carbocycles. The van der Waals surface area contributed by atoms with Crippen LogP contribution in [0, 0.1) is 0 Å². The lowest BCUT2D eigenvalue weighted by atomic mass is 10.1. The van der Waals surface area contributed by atoms with E-state index in [1.54, 1.807) is 40.9 Å². The van der Waals surface area contributed by atoms with Crippen molar-refractivity contribution in [3.63, 3.8) is 0 Å². The van der Waals surface area contributed by atoms with Crippen LogP contribution >= 0.6 is 22.7 Å². The van der Waals surface area contributed by atoms with Gasteiger partial charge in [0.2, 0.25) is 0 Å². The lowest BCUT2D eigenvalue weighted by molar-refractivity contribution is -0.118. The van der Waals surface area contributed by atoms with E-state index in [9.17, 15) is 9.59 Å². The first kappa shape index (κ1) is 16.8. The average molecular weight is 384 g/mol. The maximum atomic E-state index is 13.3. The van der Waals surface area contributed by atoms with Gasteiger partial charge in [-0.15, -0.1) is 22.7 Å². The molecular formula is C19H16N2O3S2. The minimum Gasteiger partial charge on any atom is -0.481 e. The minimum atomic E-state index is -0.212. The van der Waals surface area contributed by atoms with Crippen molar-refractivity contribution in [2.45, 2.75) is 13.1 Å². The summed E-state index contributed by atoms with van der Waals surface area (Å²) in [5.41, 5.74) is 1.01. The molecule has 3 heterocycles. The first-order valence-corrected chi connectivity index (χ1v) is 9.86. The third kappa shape index (κ3) is 3.49. The van der Waals surface area contributed by atoms with E-state index in [1.165, 1.54) is 0 Å². The Bertz CT molecular complexity index is 884. The molecular weight excluding hydrogens is 368 g/mol. The van der Waals surface area contributed by atoms with Gasteiger partial charge in [-0.25, -0.2) is 0 Å². The van der Waals surface area contributed by atoms with Crippen LogP contribution in [0.1, 0.15) is 20.1 Å². The first-order chi connectivity index (χ1) is 12.7. The summed E-state index contributed by atoms with van der Waals surface area (Å²) in [6.07, 6.45) is 0. The Kier molecular flexibility index (Phi) is 4.73. The Labute approximate surface area is 158 Å². The van der Waals surface area contributed by atoms with Gasteiger partial charge in [-0.3, -0.25) is 9.59 Å². The van der Waals surface area contributed by atoms with Crippen molar-refractivity contribution in [2.75, 3.05) is 11.9 Å². The predicted octanol–water partition coefficient (Wildman–Crippen LogP) is 3.98. The zero-order valence-corrected chi connectivity index (χ0v) is 15.4. The van der Waals surface area contributed by atoms with Crippen LogP contribution in [0.4, 0.5) is 5.69 Å². The van der Waals surface area contributed by atoms with Crippen molar-refractivity contribution >= 4 is 40.2 Å². The van der Waals surface area contributed by atoms with Gasteiger partial charge in [-0.05, 0) is 35.0 Å². The fourth-order valence-corrected chi connectivity index (χ4v) is 4.27. The van der Waals surface area contributed by atoms with Gasteiger partial charge in [0.1, 0.15) is 0 Å². The van der Waals surface area contributed by atoms with Crippen molar-refractivity contribution in [3.05, 3.63) is 68.5 Å². The smallest absolute Gasteiger partial charge is 0.262 e. The molecule has 0 saturated heterocycles. The number of benzene rings is 1. The first-order valence-electron chi connectivity index (χ1n) is 8.10. The number of nitrogens with one attached hydrogen (secondary N) is 1. The molecule has 0 fully saturated rings. The fraction of sp³-hybridized carbons (Fsp3) is 0.158. The van der Waals surface area contributed by atoms with Gasteiger partial charge in [0.25, 0.3) is 11.8 Å². The van der Waals surface area contributed by atoms with Crippen molar-refractivity contribution in [2.24, 2.45) is 0 Å². The number of hydrogen-bond donors (Lipinski definition) is 1. The number of anilines is 1. The summed E-state index contributed by atoms with van der Waals surface area (Å²) in [4.78, 5) is 28.9. The third-order valence-corrected chi connectivity index (χ3v) is 5.73. The van der Waals surface area contributed by atoms with Crippen LogP contribution in [0.2, 0.25) is 0 Å². The van der Waals surface area contributed by atoms with Crippen LogP contribution in [-0.4, -0.2) is 23.3 Å². The highest BCUT2D eigenvalue weighted by molar-refractivity contribution is 7.10. The van der Waals surface area contributed by atoms with Crippen LogP contribution in [0.15, 0.2) is 53.2 Å². The molecule has 0 spiro atoms. The second-order valence-electron chi connectivity index (χ2n) is 5.84. The summed E-state index contributed by atoms with van der Waals surface area (Å²) >= 11 is 3.25. The van der Waals surface area contributed by atoms with Gasteiger partial charge < -0.3 is 15.0 Å². The molecule has 0 atom stereocenters. The number of rotatable bonds is 5. The van der Waals surface area contributed by atoms with Crippen LogP contribution in [0.5, 0.6) is 5.75 Å². The lowest BCUT2D eigenvalue weighted by Gasteiger charge is -2.25. The second-order valence-corrected chi connectivity index (χ2v) is 7.90. The van der Waals surface area contributed by atoms with Crippen LogP contribution in [0.3, 0.4) is 0 Å². The number of carbonyl (C=O) groups excluding carboxylic acids is 2. The molecule has 1 aliphatic rings. The van der Waals surface area contributed by atoms with Crippen LogP contribution in [-0.2, 0) is 17.9 Å². The molecule has 0 bridgehead atoms. The van der Waals surface area contributed by atoms with Crippen molar-refractivity contribution in [1.82, 2.24) is 4.90 Å². The molecule has 0 radical (unpaired) electrons. The highest BCUT2D eigenvalue weighted by Gasteiger charge is 2.26. The Morgan fingerprint density at radius 2 is 1.73 bits per heavy atom. The molecule has 1 N–H and O–H groups in total. The third-order valence-electron chi connectivity index (χ3n) is 4.01. The summed E-state index contributed by atoms with van der Waals surface area (Å²) in [5.74, 6) is 0.121. The number of thiophene rings is 2. The molecule has 0 saturated carbocycles. The Balaban J connectivity index is 1.66. The minimum absolute atomic E-state index is 0.0762. The van der Waals surface area contributed by atoms with E-state index in [4.69, 9.17) is 4.74 Å². The standard InChI is InChI=1S/C19H16N2O3S2/c22-17-12-24-18-15(6-1-7-16(18)20-17)19(23)21(10-13-4-2-8-25-13)11-14-5-3-9-26-14/h1-9H,10-12H2,(H,20,22). The Hall–Kier alpha value is -2.64. The van der Waals surface area contributed by atoms with Crippen molar-refractivity contribution in [3.8, 4) is 5.75 Å². The van der Waals surface area contributed by atoms with E-state index in [-0.39, 0.29) is 18.4 Å². The topological polar surface area (TPSA) is 58.6 Å². The largest absolute Gasteiger partial charge is 0.481 e. The zero-order valence-electron chi connectivity index (χ0n) is 13.8. The van der Waals surface area contributed by atoms with Gasteiger partial charge >= 0.3 is 0 Å². The quantitative estimate of drug-likeness (QED) is 0.724. The molecule has 132 valence electrons. The van der Waals surface area contributed by atoms with Crippen molar-refractivity contribution in [1.29, 1.82) is 0 Å². The number of amides is 2. The monoisotopic (exact) mass is 384 g/mol. The van der Waals surface area contributed by atoms with E-state index >= 15 is 0 Å². The summed E-state index contributed by atoms with van der Waals surface area (Å²) < 4.78 is 5.55. The maximum absolute atomic E-state index is 13.3. The normalized spacial score (nSPS) is 12.8. The number of fused-ring (bicyclic) bond motifs is 1. The van der Waals surface area contributed by atoms with Gasteiger partial charge in [0, 0.05) is 9.75 Å². The number of ether oxygens (including phenoxy) is 1. The molecule has 0 unspecified atom stereocenters. The van der Waals surface area contributed by atoms with E-state index in [0.717, 1.165) is 9.75 Å². The Morgan fingerprint density at radius 3 is 2.35 bits per heavy atom. The number of para-hydroxylation sites is 1. The highest BCUT2D eigenvalue weighted by atomic mass is 32.1. The molecule has 0 aliphatic carbocycles. The molecule has 7 heteroatoms. The van der Waals surface area contributed by atoms with E-state index in [1.807, 2.05) is 39.9 Å². The SMILES string of the molecule is O=C1COc2c(cccc2C(=O)N(Cc2cccs2)Cc2cccs2)N1. The van der Waals surface area contributed by atoms with Gasteiger partial charge in [-0.2, -0.15) is 0 Å². The lowest BCUT2D eigenvalue weighted by Crippen LogP contribution is -2.32. The predicted molar refractivity (Wildman–Crippen MR) is 103 cm³/mol. The number of hydrogen-bond acceptors (Lipinski definition) is 5. The van der Waals surface area contributed by atoms with Gasteiger partial charge in [0.15, 0.2) is 12.4 Å². The van der Waals surface area contributed by atoms with E-state index in [2.05, 4.69) is 5.32 Å². The highest BCUT2D eigenvalue weighted by Crippen LogP contribution is 2.33. The zero-order chi connectivity index (χ0) is 17.9. The van der Waals surface area contributed by atoms with Crippen molar-refractivity contribution < 1.29 is 14.3 Å². The molecule has 1 aliphatic heterocycles. The second kappa shape index (κ2) is 7.31. The van der Waals surface area contributed by atoms with Gasteiger partial charge in [0.05, 0.1) is 24.3 Å². The van der Waals surface area contributed by atoms with Crippen LogP contribution < -0.4 is 10.1 Å².